The molecule has 0 saturated heterocycles. The molecule has 0 fully saturated rings. The quantitative estimate of drug-likeness (QED) is 0.648. The zero-order valence-corrected chi connectivity index (χ0v) is 10.9. The molecule has 2 nitrogen and oxygen atoms in total. The van der Waals surface area contributed by atoms with E-state index in [1.54, 1.807) is 0 Å². The van der Waals surface area contributed by atoms with Crippen LogP contribution >= 0.6 is 15.9 Å². The predicted molar refractivity (Wildman–Crippen MR) is 65.7 cm³/mol. The van der Waals surface area contributed by atoms with Gasteiger partial charge in [0.2, 0.25) is 0 Å². The van der Waals surface area contributed by atoms with Crippen molar-refractivity contribution in [2.24, 2.45) is 5.73 Å². The van der Waals surface area contributed by atoms with Crippen molar-refractivity contribution < 1.29 is 13.6 Å². The highest BCUT2D eigenvalue weighted by molar-refractivity contribution is 9.10. The first-order valence-corrected chi connectivity index (χ1v) is 6.19. The number of hydrogen-bond donors (Lipinski definition) is 1. The number of rotatable bonds is 6. The summed E-state index contributed by atoms with van der Waals surface area (Å²) in [6.07, 6.45) is 1.51. The van der Waals surface area contributed by atoms with Gasteiger partial charge in [-0.25, -0.2) is 8.78 Å². The van der Waals surface area contributed by atoms with Crippen LogP contribution in [0.3, 0.4) is 0 Å². The van der Waals surface area contributed by atoms with Gasteiger partial charge in [0.15, 0.2) is 0 Å². The second-order valence-electron chi connectivity index (χ2n) is 3.78. The first-order valence-electron chi connectivity index (χ1n) is 5.40. The molecular formula is C12H14BrF2NO. The van der Waals surface area contributed by atoms with Crippen LogP contribution in [0.1, 0.15) is 24.8 Å². The van der Waals surface area contributed by atoms with Gasteiger partial charge >= 0.3 is 0 Å². The van der Waals surface area contributed by atoms with Gasteiger partial charge in [-0.15, -0.1) is 0 Å². The molecule has 1 aromatic rings. The molecule has 5 heteroatoms. The highest BCUT2D eigenvalue weighted by atomic mass is 79.9. The molecule has 94 valence electrons. The lowest BCUT2D eigenvalue weighted by Gasteiger charge is -2.05. The molecule has 0 heterocycles. The molecule has 0 aromatic heterocycles. The monoisotopic (exact) mass is 305 g/mol. The SMILES string of the molecule is NCCCCC(=O)Cc1c(F)ccc(Br)c1F. The van der Waals surface area contributed by atoms with Crippen molar-refractivity contribution in [1.82, 2.24) is 0 Å². The largest absolute Gasteiger partial charge is 0.330 e. The van der Waals surface area contributed by atoms with Crippen LogP contribution in [0.5, 0.6) is 0 Å². The Bertz CT molecular complexity index is 410. The normalized spacial score (nSPS) is 10.6. The maximum atomic E-state index is 13.6. The third-order valence-corrected chi connectivity index (χ3v) is 3.04. The summed E-state index contributed by atoms with van der Waals surface area (Å²) in [5.41, 5.74) is 5.13. The van der Waals surface area contributed by atoms with Crippen molar-refractivity contribution in [3.8, 4) is 0 Å². The summed E-state index contributed by atoms with van der Waals surface area (Å²) < 4.78 is 27.1. The summed E-state index contributed by atoms with van der Waals surface area (Å²) in [6.45, 7) is 0.521. The van der Waals surface area contributed by atoms with Gasteiger partial charge < -0.3 is 5.73 Å². The third kappa shape index (κ3) is 4.16. The van der Waals surface area contributed by atoms with Crippen LogP contribution in [0, 0.1) is 11.6 Å². The van der Waals surface area contributed by atoms with Crippen molar-refractivity contribution in [3.63, 3.8) is 0 Å². The Hall–Kier alpha value is -0.810. The predicted octanol–water partition coefficient (Wildman–Crippen LogP) is 2.97. The molecule has 1 rings (SSSR count). The molecular weight excluding hydrogens is 292 g/mol. The van der Waals surface area contributed by atoms with Crippen molar-refractivity contribution >= 4 is 21.7 Å². The highest BCUT2D eigenvalue weighted by Crippen LogP contribution is 2.22. The van der Waals surface area contributed by atoms with Crippen molar-refractivity contribution in [2.45, 2.75) is 25.7 Å². The first-order chi connectivity index (χ1) is 8.06. The number of ketones is 1. The maximum absolute atomic E-state index is 13.6. The minimum atomic E-state index is -0.697. The number of nitrogens with two attached hydrogens (primary N) is 1. The average molecular weight is 306 g/mol. The zero-order chi connectivity index (χ0) is 12.8. The fourth-order valence-electron chi connectivity index (χ4n) is 1.48. The third-order valence-electron chi connectivity index (χ3n) is 2.42. The fraction of sp³-hybridized carbons (Fsp3) is 0.417. The lowest BCUT2D eigenvalue weighted by molar-refractivity contribution is -0.118. The second-order valence-corrected chi connectivity index (χ2v) is 4.64. The van der Waals surface area contributed by atoms with Crippen LogP contribution < -0.4 is 5.73 Å². The van der Waals surface area contributed by atoms with Crippen LogP contribution in [0.25, 0.3) is 0 Å². The number of halogens is 3. The number of unbranched alkanes of at least 4 members (excludes halogenated alkanes) is 1. The van der Waals surface area contributed by atoms with E-state index < -0.39 is 11.6 Å². The fourth-order valence-corrected chi connectivity index (χ4v) is 1.85. The topological polar surface area (TPSA) is 43.1 Å². The number of Topliss-reactive ketones (excluding diaryl/α,β-unsaturated/α-hetero) is 1. The summed E-state index contributed by atoms with van der Waals surface area (Å²) in [6, 6.07) is 2.43. The number of carbonyl (C=O) groups is 1. The van der Waals surface area contributed by atoms with Gasteiger partial charge in [-0.05, 0) is 47.4 Å². The van der Waals surface area contributed by atoms with Crippen molar-refractivity contribution in [3.05, 3.63) is 33.8 Å². The lowest BCUT2D eigenvalue weighted by Crippen LogP contribution is -2.08. The Morgan fingerprint density at radius 2 is 2.00 bits per heavy atom. The molecule has 0 radical (unpaired) electrons. The van der Waals surface area contributed by atoms with Gasteiger partial charge in [0.05, 0.1) is 4.47 Å². The van der Waals surface area contributed by atoms with Crippen molar-refractivity contribution in [1.29, 1.82) is 0 Å². The Labute approximate surface area is 107 Å². The summed E-state index contributed by atoms with van der Waals surface area (Å²) in [5.74, 6) is -1.55. The van der Waals surface area contributed by atoms with Crippen LogP contribution in [-0.4, -0.2) is 12.3 Å². The Morgan fingerprint density at radius 3 is 2.65 bits per heavy atom. The molecule has 0 bridgehead atoms. The van der Waals surface area contributed by atoms with Crippen LogP contribution in [0.15, 0.2) is 16.6 Å². The Balaban J connectivity index is 2.68. The summed E-state index contributed by atoms with van der Waals surface area (Å²) in [7, 11) is 0. The van der Waals surface area contributed by atoms with Gasteiger partial charge in [-0.2, -0.15) is 0 Å². The van der Waals surface area contributed by atoms with Crippen LogP contribution in [0.2, 0.25) is 0 Å². The van der Waals surface area contributed by atoms with Gasteiger partial charge in [-0.3, -0.25) is 4.79 Å². The molecule has 0 amide bonds. The molecule has 0 unspecified atom stereocenters. The minimum absolute atomic E-state index is 0.169. The van der Waals surface area contributed by atoms with E-state index in [0.717, 1.165) is 12.5 Å². The standard InChI is InChI=1S/C12H14BrF2NO/c13-10-4-5-11(14)9(12(10)15)7-8(17)3-1-2-6-16/h4-5H,1-3,6-7,16H2. The number of benzene rings is 1. The van der Waals surface area contributed by atoms with E-state index in [0.29, 0.717) is 19.4 Å². The molecule has 17 heavy (non-hydrogen) atoms. The smallest absolute Gasteiger partial charge is 0.143 e. The minimum Gasteiger partial charge on any atom is -0.330 e. The van der Waals surface area contributed by atoms with E-state index in [-0.39, 0.29) is 22.2 Å². The average Bonchev–Trinajstić information content (AvgIpc) is 2.30. The number of carbonyl (C=O) groups excluding carboxylic acids is 1. The molecule has 1 aromatic carbocycles. The van der Waals surface area contributed by atoms with Crippen LogP contribution in [0.4, 0.5) is 8.78 Å². The van der Waals surface area contributed by atoms with E-state index in [1.165, 1.54) is 6.07 Å². The number of hydrogen-bond acceptors (Lipinski definition) is 2. The summed E-state index contributed by atoms with van der Waals surface area (Å²) in [5, 5.41) is 0. The molecule has 0 aliphatic rings. The highest BCUT2D eigenvalue weighted by Gasteiger charge is 2.15. The molecule has 2 N–H and O–H groups in total. The van der Waals surface area contributed by atoms with E-state index in [2.05, 4.69) is 15.9 Å². The van der Waals surface area contributed by atoms with Gasteiger partial charge in [0.25, 0.3) is 0 Å². The van der Waals surface area contributed by atoms with Crippen molar-refractivity contribution in [2.75, 3.05) is 6.54 Å². The van der Waals surface area contributed by atoms with E-state index in [9.17, 15) is 13.6 Å². The molecule has 0 atom stereocenters. The first kappa shape index (κ1) is 14.3. The molecule has 0 saturated carbocycles. The Kier molecular flexibility index (Phi) is 5.71. The van der Waals surface area contributed by atoms with E-state index in [4.69, 9.17) is 5.73 Å². The van der Waals surface area contributed by atoms with E-state index >= 15 is 0 Å². The van der Waals surface area contributed by atoms with Crippen LogP contribution in [-0.2, 0) is 11.2 Å². The molecule has 0 aliphatic heterocycles. The maximum Gasteiger partial charge on any atom is 0.143 e. The summed E-state index contributed by atoms with van der Waals surface area (Å²) in [4.78, 5) is 11.5. The Morgan fingerprint density at radius 1 is 1.29 bits per heavy atom. The van der Waals surface area contributed by atoms with Gasteiger partial charge in [0.1, 0.15) is 17.4 Å². The lowest BCUT2D eigenvalue weighted by atomic mass is 10.0. The van der Waals surface area contributed by atoms with Gasteiger partial charge in [0, 0.05) is 18.4 Å². The second kappa shape index (κ2) is 6.81. The molecule has 0 spiro atoms. The van der Waals surface area contributed by atoms with E-state index in [1.807, 2.05) is 0 Å². The summed E-state index contributed by atoms with van der Waals surface area (Å²) >= 11 is 2.96. The zero-order valence-electron chi connectivity index (χ0n) is 9.31. The molecule has 0 aliphatic carbocycles. The van der Waals surface area contributed by atoms with Gasteiger partial charge in [-0.1, -0.05) is 0 Å².